The molecule has 1 aromatic rings. The van der Waals surface area contributed by atoms with Gasteiger partial charge in [0, 0.05) is 22.1 Å². The van der Waals surface area contributed by atoms with Gasteiger partial charge in [0.2, 0.25) is 0 Å². The number of ether oxygens (including phenoxy) is 1. The van der Waals surface area contributed by atoms with Crippen LogP contribution >= 0.6 is 27.5 Å². The maximum atomic E-state index is 6.37. The molecule has 0 aliphatic carbocycles. The summed E-state index contributed by atoms with van der Waals surface area (Å²) in [5, 5.41) is 4.45. The third-order valence-electron chi connectivity index (χ3n) is 3.51. The van der Waals surface area contributed by atoms with E-state index in [1.165, 1.54) is 5.56 Å². The lowest BCUT2D eigenvalue weighted by Gasteiger charge is -2.28. The van der Waals surface area contributed by atoms with Crippen molar-refractivity contribution in [3.05, 3.63) is 33.3 Å². The van der Waals surface area contributed by atoms with Crippen LogP contribution in [0, 0.1) is 0 Å². The number of rotatable bonds is 10. The molecule has 4 heteroatoms. The van der Waals surface area contributed by atoms with Gasteiger partial charge in [-0.05, 0) is 50.4 Å². The molecule has 2 unspecified atom stereocenters. The van der Waals surface area contributed by atoms with E-state index in [9.17, 15) is 0 Å². The van der Waals surface area contributed by atoms with E-state index in [0.29, 0.717) is 6.04 Å². The number of nitrogens with one attached hydrogen (secondary N) is 1. The van der Waals surface area contributed by atoms with Gasteiger partial charge in [-0.2, -0.15) is 0 Å². The van der Waals surface area contributed by atoms with Gasteiger partial charge in [-0.15, -0.1) is 0 Å². The average molecular weight is 377 g/mol. The summed E-state index contributed by atoms with van der Waals surface area (Å²) in [7, 11) is 0. The Hall–Kier alpha value is -0.0900. The molecule has 21 heavy (non-hydrogen) atoms. The zero-order chi connectivity index (χ0) is 15.7. The second-order valence-corrected chi connectivity index (χ2v) is 6.61. The molecule has 0 saturated heterocycles. The summed E-state index contributed by atoms with van der Waals surface area (Å²) in [6.45, 7) is 8.21. The Morgan fingerprint density at radius 1 is 1.24 bits per heavy atom. The Labute approximate surface area is 142 Å². The van der Waals surface area contributed by atoms with Crippen LogP contribution in [-0.4, -0.2) is 25.3 Å². The van der Waals surface area contributed by atoms with Crippen LogP contribution in [0.2, 0.25) is 5.02 Å². The fraction of sp³-hybridized carbons (Fsp3) is 0.647. The van der Waals surface area contributed by atoms with Gasteiger partial charge in [0.05, 0.1) is 6.10 Å². The van der Waals surface area contributed by atoms with Crippen molar-refractivity contribution in [1.82, 2.24) is 5.32 Å². The Bertz CT molecular complexity index is 408. The van der Waals surface area contributed by atoms with E-state index in [-0.39, 0.29) is 6.10 Å². The number of benzene rings is 1. The van der Waals surface area contributed by atoms with E-state index < -0.39 is 0 Å². The summed E-state index contributed by atoms with van der Waals surface area (Å²) in [4.78, 5) is 0. The minimum absolute atomic E-state index is 0.242. The first-order valence-corrected chi connectivity index (χ1v) is 9.08. The average Bonchev–Trinajstić information content (AvgIpc) is 2.45. The molecule has 0 aromatic heterocycles. The van der Waals surface area contributed by atoms with Gasteiger partial charge in [-0.1, -0.05) is 53.9 Å². The van der Waals surface area contributed by atoms with Crippen LogP contribution in [0.25, 0.3) is 0 Å². The molecule has 0 radical (unpaired) electrons. The lowest BCUT2D eigenvalue weighted by atomic mass is 9.98. The fourth-order valence-electron chi connectivity index (χ4n) is 2.49. The van der Waals surface area contributed by atoms with E-state index in [1.807, 2.05) is 12.1 Å². The Balaban J connectivity index is 2.84. The van der Waals surface area contributed by atoms with Crippen LogP contribution in [-0.2, 0) is 11.2 Å². The first kappa shape index (κ1) is 19.0. The molecular formula is C17H27BrClNO. The largest absolute Gasteiger partial charge is 0.377 e. The SMILES string of the molecule is CCCNC(Cc1ccc(Br)cc1Cl)C(CCC)OCC. The monoisotopic (exact) mass is 375 g/mol. The highest BCUT2D eigenvalue weighted by Crippen LogP contribution is 2.24. The van der Waals surface area contributed by atoms with E-state index in [2.05, 4.69) is 48.1 Å². The quantitative estimate of drug-likeness (QED) is 0.604. The molecule has 1 N–H and O–H groups in total. The number of hydrogen-bond donors (Lipinski definition) is 1. The second-order valence-electron chi connectivity index (χ2n) is 5.28. The molecule has 0 aliphatic rings. The molecule has 0 aliphatic heterocycles. The van der Waals surface area contributed by atoms with E-state index in [4.69, 9.17) is 16.3 Å². The summed E-state index contributed by atoms with van der Waals surface area (Å²) in [5.41, 5.74) is 1.18. The maximum absolute atomic E-state index is 6.37. The van der Waals surface area contributed by atoms with Crippen molar-refractivity contribution in [3.63, 3.8) is 0 Å². The fourth-order valence-corrected chi connectivity index (χ4v) is 3.24. The smallest absolute Gasteiger partial charge is 0.0731 e. The van der Waals surface area contributed by atoms with Crippen molar-refractivity contribution in [2.45, 2.75) is 58.6 Å². The summed E-state index contributed by atoms with van der Waals surface area (Å²) >= 11 is 9.83. The van der Waals surface area contributed by atoms with Crippen LogP contribution < -0.4 is 5.32 Å². The zero-order valence-corrected chi connectivity index (χ0v) is 15.6. The summed E-state index contributed by atoms with van der Waals surface area (Å²) < 4.78 is 6.98. The van der Waals surface area contributed by atoms with Crippen LogP contribution in [0.3, 0.4) is 0 Å². The van der Waals surface area contributed by atoms with Crippen molar-refractivity contribution < 1.29 is 4.74 Å². The third-order valence-corrected chi connectivity index (χ3v) is 4.36. The lowest BCUT2D eigenvalue weighted by molar-refractivity contribution is 0.0282. The number of halogens is 2. The highest BCUT2D eigenvalue weighted by Gasteiger charge is 2.22. The second kappa shape index (κ2) is 10.6. The van der Waals surface area contributed by atoms with Crippen LogP contribution in [0.1, 0.15) is 45.6 Å². The van der Waals surface area contributed by atoms with Crippen molar-refractivity contribution in [1.29, 1.82) is 0 Å². The molecule has 1 rings (SSSR count). The van der Waals surface area contributed by atoms with Crippen LogP contribution in [0.5, 0.6) is 0 Å². The van der Waals surface area contributed by atoms with Gasteiger partial charge >= 0.3 is 0 Å². The summed E-state index contributed by atoms with van der Waals surface area (Å²) in [6.07, 6.45) is 4.46. The van der Waals surface area contributed by atoms with Crippen LogP contribution in [0.15, 0.2) is 22.7 Å². The molecule has 2 atom stereocenters. The van der Waals surface area contributed by atoms with Crippen molar-refractivity contribution in [2.75, 3.05) is 13.2 Å². The van der Waals surface area contributed by atoms with Crippen molar-refractivity contribution >= 4 is 27.5 Å². The highest BCUT2D eigenvalue weighted by molar-refractivity contribution is 9.10. The molecule has 2 nitrogen and oxygen atoms in total. The normalized spacial score (nSPS) is 14.1. The van der Waals surface area contributed by atoms with Gasteiger partial charge in [-0.25, -0.2) is 0 Å². The number of hydrogen-bond acceptors (Lipinski definition) is 2. The predicted molar refractivity (Wildman–Crippen MR) is 95.3 cm³/mol. The third kappa shape index (κ3) is 6.68. The minimum Gasteiger partial charge on any atom is -0.377 e. The first-order chi connectivity index (χ1) is 10.1. The van der Waals surface area contributed by atoms with Crippen LogP contribution in [0.4, 0.5) is 0 Å². The molecule has 0 amide bonds. The standard InChI is InChI=1S/C17H27BrClNO/c1-4-7-17(21-6-3)16(20-10-5-2)11-13-8-9-14(18)12-15(13)19/h8-9,12,16-17,20H,4-7,10-11H2,1-3H3. The van der Waals surface area contributed by atoms with Gasteiger partial charge in [0.25, 0.3) is 0 Å². The zero-order valence-electron chi connectivity index (χ0n) is 13.3. The molecule has 0 saturated carbocycles. The van der Waals surface area contributed by atoms with Gasteiger partial charge in [0.15, 0.2) is 0 Å². The molecule has 0 fully saturated rings. The highest BCUT2D eigenvalue weighted by atomic mass is 79.9. The molecular weight excluding hydrogens is 350 g/mol. The van der Waals surface area contributed by atoms with Crippen molar-refractivity contribution in [3.8, 4) is 0 Å². The lowest BCUT2D eigenvalue weighted by Crippen LogP contribution is -2.43. The Kier molecular flexibility index (Phi) is 9.57. The molecule has 120 valence electrons. The Morgan fingerprint density at radius 2 is 2.00 bits per heavy atom. The minimum atomic E-state index is 0.242. The van der Waals surface area contributed by atoms with E-state index >= 15 is 0 Å². The predicted octanol–water partition coefficient (Wildman–Crippen LogP) is 5.22. The molecule has 0 heterocycles. The summed E-state index contributed by atoms with van der Waals surface area (Å²) in [6, 6.07) is 6.42. The molecule has 0 spiro atoms. The molecule has 1 aromatic carbocycles. The topological polar surface area (TPSA) is 21.3 Å². The van der Waals surface area contributed by atoms with Gasteiger partial charge in [-0.3, -0.25) is 0 Å². The van der Waals surface area contributed by atoms with Gasteiger partial charge in [0.1, 0.15) is 0 Å². The Morgan fingerprint density at radius 3 is 2.57 bits per heavy atom. The maximum Gasteiger partial charge on any atom is 0.0731 e. The van der Waals surface area contributed by atoms with Crippen molar-refractivity contribution in [2.24, 2.45) is 0 Å². The molecule has 0 bridgehead atoms. The van der Waals surface area contributed by atoms with E-state index in [1.54, 1.807) is 0 Å². The van der Waals surface area contributed by atoms with Gasteiger partial charge < -0.3 is 10.1 Å². The van der Waals surface area contributed by atoms with E-state index in [0.717, 1.165) is 48.3 Å². The summed E-state index contributed by atoms with van der Waals surface area (Å²) in [5.74, 6) is 0. The first-order valence-electron chi connectivity index (χ1n) is 7.91.